The van der Waals surface area contributed by atoms with E-state index in [-0.39, 0.29) is 0 Å². The molecule has 3 rings (SSSR count). The molecule has 2 nitrogen and oxygen atoms in total. The maximum atomic E-state index is 6.36. The Hall–Kier alpha value is -0.870. The Morgan fingerprint density at radius 2 is 1.12 bits per heavy atom. The summed E-state index contributed by atoms with van der Waals surface area (Å²) in [6.07, 6.45) is 1.63. The van der Waals surface area contributed by atoms with E-state index in [1.807, 2.05) is 6.92 Å². The molecular weight excluding hydrogens is 457 g/mol. The number of anilines is 1. The highest BCUT2D eigenvalue weighted by Crippen LogP contribution is 2.43. The molecule has 0 radical (unpaired) electrons. The van der Waals surface area contributed by atoms with Crippen LogP contribution in [0.5, 0.6) is 0 Å². The van der Waals surface area contributed by atoms with Crippen LogP contribution in [0, 0.1) is 6.92 Å². The fourth-order valence-electron chi connectivity index (χ4n) is 2.68. The van der Waals surface area contributed by atoms with E-state index in [2.05, 4.69) is 4.98 Å². The van der Waals surface area contributed by atoms with Crippen molar-refractivity contribution in [2.75, 3.05) is 5.73 Å². The molecule has 0 unspecified atom stereocenters. The van der Waals surface area contributed by atoms with Crippen LogP contribution in [-0.2, 0) is 0 Å². The molecular formula is C18H10Cl6N2. The van der Waals surface area contributed by atoms with Crippen molar-refractivity contribution < 1.29 is 0 Å². The lowest BCUT2D eigenvalue weighted by Gasteiger charge is -2.16. The van der Waals surface area contributed by atoms with Gasteiger partial charge in [-0.1, -0.05) is 69.6 Å². The zero-order valence-electron chi connectivity index (χ0n) is 13.2. The number of nitrogens with zero attached hydrogens (tertiary/aromatic N) is 1. The van der Waals surface area contributed by atoms with Gasteiger partial charge in [0.1, 0.15) is 5.82 Å². The molecule has 1 heterocycles. The van der Waals surface area contributed by atoms with Crippen molar-refractivity contribution in [3.63, 3.8) is 0 Å². The molecule has 0 amide bonds. The summed E-state index contributed by atoms with van der Waals surface area (Å²) >= 11 is 37.1. The van der Waals surface area contributed by atoms with Crippen LogP contribution in [-0.4, -0.2) is 4.98 Å². The van der Waals surface area contributed by atoms with Gasteiger partial charge in [0, 0.05) is 28.5 Å². The lowest BCUT2D eigenvalue weighted by Crippen LogP contribution is -2.00. The third-order valence-electron chi connectivity index (χ3n) is 3.95. The Kier molecular flexibility index (Phi) is 5.83. The van der Waals surface area contributed by atoms with Crippen molar-refractivity contribution in [1.29, 1.82) is 0 Å². The van der Waals surface area contributed by atoms with Crippen LogP contribution in [0.25, 0.3) is 22.3 Å². The second-order valence-corrected chi connectivity index (χ2v) is 7.99. The number of rotatable bonds is 2. The van der Waals surface area contributed by atoms with Gasteiger partial charge in [-0.25, -0.2) is 4.98 Å². The molecule has 134 valence electrons. The van der Waals surface area contributed by atoms with E-state index in [0.717, 1.165) is 11.1 Å². The molecule has 8 heteroatoms. The Morgan fingerprint density at radius 3 is 1.69 bits per heavy atom. The summed E-state index contributed by atoms with van der Waals surface area (Å²) < 4.78 is 0. The predicted octanol–water partition coefficient (Wildman–Crippen LogP) is 8.23. The average Bonchev–Trinajstić information content (AvgIpc) is 2.56. The lowest BCUT2D eigenvalue weighted by atomic mass is 9.94. The summed E-state index contributed by atoms with van der Waals surface area (Å²) in [6.45, 7) is 1.89. The Labute approximate surface area is 180 Å². The van der Waals surface area contributed by atoms with Gasteiger partial charge in [0.25, 0.3) is 0 Å². The molecule has 1 aromatic heterocycles. The van der Waals surface area contributed by atoms with Gasteiger partial charge in [-0.2, -0.15) is 0 Å². The fourth-order valence-corrected chi connectivity index (χ4v) is 3.97. The maximum absolute atomic E-state index is 6.36. The lowest BCUT2D eigenvalue weighted by molar-refractivity contribution is 1.29. The first-order valence-electron chi connectivity index (χ1n) is 7.25. The minimum absolute atomic E-state index is 0.308. The molecule has 0 bridgehead atoms. The van der Waals surface area contributed by atoms with Gasteiger partial charge < -0.3 is 5.73 Å². The van der Waals surface area contributed by atoms with E-state index in [1.165, 1.54) is 0 Å². The van der Waals surface area contributed by atoms with Crippen LogP contribution < -0.4 is 5.73 Å². The highest BCUT2D eigenvalue weighted by atomic mass is 35.5. The zero-order chi connectivity index (χ0) is 19.2. The molecule has 0 spiro atoms. The molecule has 3 aromatic rings. The molecule has 2 aromatic carbocycles. The standard InChI is InChI=1S/C18H10Cl6N2/c1-7-10(8-2-13(21)15(23)4-11(8)19)6-26-18(25)17(7)9-3-14(22)16(24)5-12(9)20/h2-6H,1H3,(H2,25,26). The number of benzene rings is 2. The summed E-state index contributed by atoms with van der Waals surface area (Å²) in [6, 6.07) is 6.50. The predicted molar refractivity (Wildman–Crippen MR) is 114 cm³/mol. The number of aromatic nitrogens is 1. The van der Waals surface area contributed by atoms with Crippen molar-refractivity contribution >= 4 is 75.4 Å². The molecule has 2 N–H and O–H groups in total. The number of hydrogen-bond acceptors (Lipinski definition) is 2. The van der Waals surface area contributed by atoms with Crippen LogP contribution in [0.4, 0.5) is 5.82 Å². The molecule has 26 heavy (non-hydrogen) atoms. The topological polar surface area (TPSA) is 38.9 Å². The summed E-state index contributed by atoms with van der Waals surface area (Å²) in [5, 5.41) is 2.33. The second-order valence-electron chi connectivity index (χ2n) is 5.55. The Bertz CT molecular complexity index is 1030. The fraction of sp³-hybridized carbons (Fsp3) is 0.0556. The van der Waals surface area contributed by atoms with Gasteiger partial charge in [-0.3, -0.25) is 0 Å². The smallest absolute Gasteiger partial charge is 0.131 e. The summed E-state index contributed by atoms with van der Waals surface area (Å²) in [7, 11) is 0. The van der Waals surface area contributed by atoms with E-state index in [4.69, 9.17) is 75.3 Å². The van der Waals surface area contributed by atoms with Gasteiger partial charge >= 0.3 is 0 Å². The first-order chi connectivity index (χ1) is 12.2. The van der Waals surface area contributed by atoms with Crippen LogP contribution in [0.1, 0.15) is 5.56 Å². The highest BCUT2D eigenvalue weighted by Gasteiger charge is 2.19. The summed E-state index contributed by atoms with van der Waals surface area (Å²) in [5.41, 5.74) is 9.65. The number of hydrogen-bond donors (Lipinski definition) is 1. The third kappa shape index (κ3) is 3.60. The minimum Gasteiger partial charge on any atom is -0.383 e. The van der Waals surface area contributed by atoms with Gasteiger partial charge in [0.15, 0.2) is 0 Å². The van der Waals surface area contributed by atoms with Gasteiger partial charge in [-0.15, -0.1) is 0 Å². The molecule has 0 atom stereocenters. The summed E-state index contributed by atoms with van der Waals surface area (Å²) in [5.74, 6) is 0.308. The largest absolute Gasteiger partial charge is 0.383 e. The molecule has 0 aliphatic rings. The Balaban J connectivity index is 2.30. The number of nitrogens with two attached hydrogens (primary N) is 1. The van der Waals surface area contributed by atoms with Crippen LogP contribution in [0.15, 0.2) is 30.5 Å². The number of pyridine rings is 1. The van der Waals surface area contributed by atoms with E-state index >= 15 is 0 Å². The van der Waals surface area contributed by atoms with E-state index in [9.17, 15) is 0 Å². The zero-order valence-corrected chi connectivity index (χ0v) is 17.7. The first kappa shape index (κ1) is 19.9. The average molecular weight is 467 g/mol. The van der Waals surface area contributed by atoms with Gasteiger partial charge in [-0.05, 0) is 36.8 Å². The molecule has 0 fully saturated rings. The number of halogens is 6. The third-order valence-corrected chi connectivity index (χ3v) is 6.02. The normalized spacial score (nSPS) is 11.0. The monoisotopic (exact) mass is 464 g/mol. The number of nitrogen functional groups attached to an aromatic ring is 1. The van der Waals surface area contributed by atoms with E-state index in [1.54, 1.807) is 30.5 Å². The van der Waals surface area contributed by atoms with Crippen molar-refractivity contribution in [2.24, 2.45) is 0 Å². The van der Waals surface area contributed by atoms with Crippen molar-refractivity contribution in [3.8, 4) is 22.3 Å². The first-order valence-corrected chi connectivity index (χ1v) is 9.52. The SMILES string of the molecule is Cc1c(-c2cc(Cl)c(Cl)cc2Cl)cnc(N)c1-c1cc(Cl)c(Cl)cc1Cl. The molecule has 0 aliphatic heterocycles. The molecule has 0 saturated heterocycles. The van der Waals surface area contributed by atoms with Gasteiger partial charge in [0.2, 0.25) is 0 Å². The van der Waals surface area contributed by atoms with Crippen molar-refractivity contribution in [3.05, 3.63) is 66.2 Å². The van der Waals surface area contributed by atoms with E-state index in [0.29, 0.717) is 52.6 Å². The van der Waals surface area contributed by atoms with Crippen molar-refractivity contribution in [2.45, 2.75) is 6.92 Å². The quantitative estimate of drug-likeness (QED) is 0.386. The molecule has 0 aliphatic carbocycles. The van der Waals surface area contributed by atoms with Crippen LogP contribution in [0.3, 0.4) is 0 Å². The van der Waals surface area contributed by atoms with Gasteiger partial charge in [0.05, 0.1) is 30.1 Å². The van der Waals surface area contributed by atoms with Crippen LogP contribution in [0.2, 0.25) is 30.1 Å². The molecule has 0 saturated carbocycles. The second kappa shape index (κ2) is 7.63. The van der Waals surface area contributed by atoms with Crippen molar-refractivity contribution in [1.82, 2.24) is 4.98 Å². The minimum atomic E-state index is 0.308. The maximum Gasteiger partial charge on any atom is 0.131 e. The van der Waals surface area contributed by atoms with E-state index < -0.39 is 0 Å². The van der Waals surface area contributed by atoms with Crippen LogP contribution >= 0.6 is 69.6 Å². The summed E-state index contributed by atoms with van der Waals surface area (Å²) in [4.78, 5) is 4.29. The highest BCUT2D eigenvalue weighted by molar-refractivity contribution is 6.45. The Morgan fingerprint density at radius 1 is 0.654 bits per heavy atom.